The lowest BCUT2D eigenvalue weighted by Crippen LogP contribution is -2.33. The summed E-state index contributed by atoms with van der Waals surface area (Å²) in [5.74, 6) is -0.373. The van der Waals surface area contributed by atoms with E-state index in [1.54, 1.807) is 6.07 Å². The van der Waals surface area contributed by atoms with Gasteiger partial charge in [-0.15, -0.1) is 0 Å². The summed E-state index contributed by atoms with van der Waals surface area (Å²) in [6.45, 7) is 6.38. The van der Waals surface area contributed by atoms with Gasteiger partial charge in [-0.3, -0.25) is 4.79 Å². The monoisotopic (exact) mass is 313 g/mol. The van der Waals surface area contributed by atoms with Crippen LogP contribution in [0.15, 0.2) is 21.6 Å². The van der Waals surface area contributed by atoms with E-state index in [4.69, 9.17) is 9.52 Å². The average Bonchev–Trinajstić information content (AvgIpc) is 2.84. The number of carbonyl (C=O) groups excluding carboxylic acids is 1. The molecule has 0 saturated heterocycles. The van der Waals surface area contributed by atoms with Crippen molar-refractivity contribution in [2.24, 2.45) is 5.92 Å². The van der Waals surface area contributed by atoms with Crippen molar-refractivity contribution < 1.29 is 19.1 Å². The molecule has 6 heteroatoms. The highest BCUT2D eigenvalue weighted by Crippen LogP contribution is 2.20. The molecule has 0 spiro atoms. The molecule has 0 bridgehead atoms. The van der Waals surface area contributed by atoms with Crippen LogP contribution < -0.4 is 5.32 Å². The molecule has 0 radical (unpaired) electrons. The maximum Gasteiger partial charge on any atom is 0.371 e. The Morgan fingerprint density at radius 2 is 2.00 bits per heavy atom. The molecule has 5 nitrogen and oxygen atoms in total. The van der Waals surface area contributed by atoms with Crippen LogP contribution in [-0.4, -0.2) is 28.8 Å². The lowest BCUT2D eigenvalue weighted by molar-refractivity contribution is -0.119. The predicted octanol–water partition coefficient (Wildman–Crippen LogP) is 3.40. The van der Waals surface area contributed by atoms with E-state index in [0.717, 1.165) is 12.8 Å². The van der Waals surface area contributed by atoms with Gasteiger partial charge in [0.25, 0.3) is 0 Å². The minimum Gasteiger partial charge on any atom is -0.475 e. The van der Waals surface area contributed by atoms with E-state index >= 15 is 0 Å². The Bertz CT molecular complexity index is 470. The van der Waals surface area contributed by atoms with Gasteiger partial charge >= 0.3 is 5.97 Å². The Hall–Kier alpha value is -1.43. The third-order valence-corrected chi connectivity index (χ3v) is 3.87. The number of carbonyl (C=O) groups is 2. The highest BCUT2D eigenvalue weighted by molar-refractivity contribution is 7.99. The standard InChI is InChI=1S/C15H23NO4S/c1-10(2)5-4-6-11(3)16-13(17)9-21-14-8-7-12(20-14)15(18)19/h7-8,10-11H,4-6,9H2,1-3H3,(H,16,17)(H,18,19). The molecule has 0 aliphatic heterocycles. The molecule has 0 aliphatic carbocycles. The Labute approximate surface area is 129 Å². The van der Waals surface area contributed by atoms with Gasteiger partial charge in [-0.1, -0.05) is 38.5 Å². The summed E-state index contributed by atoms with van der Waals surface area (Å²) in [5.41, 5.74) is 0. The number of rotatable bonds is 9. The summed E-state index contributed by atoms with van der Waals surface area (Å²) in [7, 11) is 0. The van der Waals surface area contributed by atoms with Gasteiger partial charge in [0.15, 0.2) is 5.09 Å². The van der Waals surface area contributed by atoms with Crippen LogP contribution in [0.4, 0.5) is 0 Å². The molecule has 0 saturated carbocycles. The Balaban J connectivity index is 2.25. The van der Waals surface area contributed by atoms with E-state index in [-0.39, 0.29) is 23.5 Å². The molecule has 21 heavy (non-hydrogen) atoms. The van der Waals surface area contributed by atoms with E-state index in [2.05, 4.69) is 19.2 Å². The number of carboxylic acids is 1. The van der Waals surface area contributed by atoms with Gasteiger partial charge in [0.05, 0.1) is 5.75 Å². The largest absolute Gasteiger partial charge is 0.475 e. The van der Waals surface area contributed by atoms with Gasteiger partial charge in [0, 0.05) is 6.04 Å². The maximum atomic E-state index is 11.8. The molecule has 2 N–H and O–H groups in total. The molecule has 0 aliphatic rings. The number of thioether (sulfide) groups is 1. The van der Waals surface area contributed by atoms with E-state index in [0.29, 0.717) is 11.0 Å². The summed E-state index contributed by atoms with van der Waals surface area (Å²) in [4.78, 5) is 22.4. The molecule has 1 aromatic rings. The summed E-state index contributed by atoms with van der Waals surface area (Å²) in [6, 6.07) is 3.10. The second-order valence-electron chi connectivity index (χ2n) is 5.51. The molecule has 118 valence electrons. The summed E-state index contributed by atoms with van der Waals surface area (Å²) in [6.07, 6.45) is 3.24. The molecule has 1 rings (SSSR count). The van der Waals surface area contributed by atoms with Crippen molar-refractivity contribution in [1.29, 1.82) is 0 Å². The number of nitrogens with one attached hydrogen (secondary N) is 1. The molecular formula is C15H23NO4S. The fourth-order valence-corrected chi connectivity index (χ4v) is 2.54. The second kappa shape index (κ2) is 8.77. The highest BCUT2D eigenvalue weighted by Gasteiger charge is 2.12. The zero-order valence-electron chi connectivity index (χ0n) is 12.7. The van der Waals surface area contributed by atoms with Crippen LogP contribution in [0.1, 0.15) is 50.6 Å². The molecule has 0 aromatic carbocycles. The van der Waals surface area contributed by atoms with E-state index < -0.39 is 5.97 Å². The number of amides is 1. The molecular weight excluding hydrogens is 290 g/mol. The molecule has 0 fully saturated rings. The molecule has 1 amide bonds. The lowest BCUT2D eigenvalue weighted by atomic mass is 10.0. The van der Waals surface area contributed by atoms with Crippen LogP contribution >= 0.6 is 11.8 Å². The minimum atomic E-state index is -1.11. The second-order valence-corrected chi connectivity index (χ2v) is 6.49. The Morgan fingerprint density at radius 3 is 2.57 bits per heavy atom. The molecule has 1 heterocycles. The van der Waals surface area contributed by atoms with Gasteiger partial charge < -0.3 is 14.8 Å². The first-order chi connectivity index (χ1) is 9.88. The summed E-state index contributed by atoms with van der Waals surface area (Å²) < 4.78 is 5.08. The maximum absolute atomic E-state index is 11.8. The van der Waals surface area contributed by atoms with Gasteiger partial charge in [-0.25, -0.2) is 4.79 Å². The SMILES string of the molecule is CC(C)CCCC(C)NC(=O)CSc1ccc(C(=O)O)o1. The average molecular weight is 313 g/mol. The first-order valence-corrected chi connectivity index (χ1v) is 8.12. The highest BCUT2D eigenvalue weighted by atomic mass is 32.2. The smallest absolute Gasteiger partial charge is 0.371 e. The van der Waals surface area contributed by atoms with Crippen LogP contribution in [-0.2, 0) is 4.79 Å². The molecule has 1 aromatic heterocycles. The quantitative estimate of drug-likeness (QED) is 0.683. The Morgan fingerprint density at radius 1 is 1.29 bits per heavy atom. The number of hydrogen-bond donors (Lipinski definition) is 2. The fraction of sp³-hybridized carbons (Fsp3) is 0.600. The van der Waals surface area contributed by atoms with Crippen molar-refractivity contribution in [3.05, 3.63) is 17.9 Å². The van der Waals surface area contributed by atoms with Gasteiger partial charge in [-0.05, 0) is 31.4 Å². The van der Waals surface area contributed by atoms with Crippen molar-refractivity contribution in [2.45, 2.75) is 51.2 Å². The first-order valence-electron chi connectivity index (χ1n) is 7.13. The van der Waals surface area contributed by atoms with E-state index in [1.165, 1.54) is 24.2 Å². The van der Waals surface area contributed by atoms with Crippen LogP contribution in [0.2, 0.25) is 0 Å². The van der Waals surface area contributed by atoms with Crippen molar-refractivity contribution >= 4 is 23.6 Å². The summed E-state index contributed by atoms with van der Waals surface area (Å²) in [5, 5.41) is 12.1. The Kier molecular flexibility index (Phi) is 7.36. The van der Waals surface area contributed by atoms with Gasteiger partial charge in [-0.2, -0.15) is 0 Å². The zero-order valence-corrected chi connectivity index (χ0v) is 13.5. The third kappa shape index (κ3) is 7.22. The molecule has 1 unspecified atom stereocenters. The van der Waals surface area contributed by atoms with Crippen LogP contribution in [0.25, 0.3) is 0 Å². The van der Waals surface area contributed by atoms with Crippen molar-refractivity contribution in [2.75, 3.05) is 5.75 Å². The number of furan rings is 1. The third-order valence-electron chi connectivity index (χ3n) is 2.96. The van der Waals surface area contributed by atoms with Gasteiger partial charge in [0.2, 0.25) is 11.7 Å². The lowest BCUT2D eigenvalue weighted by Gasteiger charge is -2.14. The topological polar surface area (TPSA) is 79.5 Å². The van der Waals surface area contributed by atoms with Gasteiger partial charge in [0.1, 0.15) is 0 Å². The van der Waals surface area contributed by atoms with Crippen LogP contribution in [0.3, 0.4) is 0 Å². The zero-order chi connectivity index (χ0) is 15.8. The number of carboxylic acid groups (broad SMARTS) is 1. The first kappa shape index (κ1) is 17.6. The van der Waals surface area contributed by atoms with Crippen molar-refractivity contribution in [3.63, 3.8) is 0 Å². The van der Waals surface area contributed by atoms with Crippen LogP contribution in [0, 0.1) is 5.92 Å². The summed E-state index contributed by atoms with van der Waals surface area (Å²) >= 11 is 1.20. The van der Waals surface area contributed by atoms with Crippen LogP contribution in [0.5, 0.6) is 0 Å². The van der Waals surface area contributed by atoms with Crippen molar-refractivity contribution in [3.8, 4) is 0 Å². The molecule has 1 atom stereocenters. The van der Waals surface area contributed by atoms with E-state index in [1.807, 2.05) is 6.92 Å². The number of hydrogen-bond acceptors (Lipinski definition) is 4. The van der Waals surface area contributed by atoms with Crippen molar-refractivity contribution in [1.82, 2.24) is 5.32 Å². The minimum absolute atomic E-state index is 0.0645. The van der Waals surface area contributed by atoms with E-state index in [9.17, 15) is 9.59 Å². The predicted molar refractivity (Wildman–Crippen MR) is 82.7 cm³/mol. The number of aromatic carboxylic acids is 1. The normalized spacial score (nSPS) is 12.4. The fourth-order valence-electron chi connectivity index (χ4n) is 1.87.